The molecule has 0 saturated carbocycles. The van der Waals surface area contributed by atoms with E-state index in [9.17, 15) is 0 Å². The highest BCUT2D eigenvalue weighted by Gasteiger charge is 2.15. The zero-order valence-electron chi connectivity index (χ0n) is 9.94. The molecule has 2 aromatic carbocycles. The predicted molar refractivity (Wildman–Crippen MR) is 87.0 cm³/mol. The molecule has 2 N–H and O–H groups in total. The van der Waals surface area contributed by atoms with Crippen molar-refractivity contribution in [3.05, 3.63) is 67.8 Å². The van der Waals surface area contributed by atoms with Gasteiger partial charge in [-0.3, -0.25) is 0 Å². The molecule has 3 aromatic rings. The van der Waals surface area contributed by atoms with Gasteiger partial charge in [0.15, 0.2) is 0 Å². The number of benzene rings is 2. The number of hydrogen-bond donors (Lipinski definition) is 1. The van der Waals surface area contributed by atoms with Gasteiger partial charge in [0.2, 0.25) is 0 Å². The smallest absolute Gasteiger partial charge is 0.0702 e. The van der Waals surface area contributed by atoms with Crippen molar-refractivity contribution in [2.24, 2.45) is 5.73 Å². The Morgan fingerprint density at radius 2 is 1.74 bits per heavy atom. The summed E-state index contributed by atoms with van der Waals surface area (Å²) in [5, 5.41) is 2.93. The Bertz CT molecular complexity index is 738. The molecule has 1 atom stereocenters. The van der Waals surface area contributed by atoms with Crippen molar-refractivity contribution in [3.63, 3.8) is 0 Å². The lowest BCUT2D eigenvalue weighted by Crippen LogP contribution is -2.10. The van der Waals surface area contributed by atoms with Crippen molar-refractivity contribution in [2.45, 2.75) is 6.04 Å². The molecular formula is C15H11BrClNS. The second kappa shape index (κ2) is 5.25. The van der Waals surface area contributed by atoms with Gasteiger partial charge in [0, 0.05) is 15.3 Å². The molecule has 0 amide bonds. The number of thiophene rings is 1. The third-order valence-corrected chi connectivity index (χ3v) is 5.18. The second-order valence-electron chi connectivity index (χ2n) is 4.30. The maximum Gasteiger partial charge on any atom is 0.0702 e. The lowest BCUT2D eigenvalue weighted by molar-refractivity contribution is 0.903. The summed E-state index contributed by atoms with van der Waals surface area (Å²) in [6.07, 6.45) is 0. The number of halogens is 2. The van der Waals surface area contributed by atoms with Crippen LogP contribution in [0.2, 0.25) is 5.02 Å². The van der Waals surface area contributed by atoms with Gasteiger partial charge in [-0.15, -0.1) is 11.3 Å². The van der Waals surface area contributed by atoms with Crippen LogP contribution in [-0.4, -0.2) is 0 Å². The number of fused-ring (bicyclic) bond motifs is 1. The van der Waals surface area contributed by atoms with Crippen LogP contribution in [0, 0.1) is 0 Å². The standard InChI is InChI=1S/C15H11BrClNS/c16-14-8-7-13(19-14)15(18)11-5-6-12(17)10-4-2-1-3-9(10)11/h1-8,15H,18H2. The van der Waals surface area contributed by atoms with E-state index in [1.165, 1.54) is 0 Å². The van der Waals surface area contributed by atoms with E-state index in [1.54, 1.807) is 11.3 Å². The summed E-state index contributed by atoms with van der Waals surface area (Å²) in [4.78, 5) is 1.14. The SMILES string of the molecule is NC(c1ccc(Br)s1)c1ccc(Cl)c2ccccc12. The van der Waals surface area contributed by atoms with E-state index < -0.39 is 0 Å². The van der Waals surface area contributed by atoms with E-state index >= 15 is 0 Å². The van der Waals surface area contributed by atoms with Crippen molar-refractivity contribution in [1.82, 2.24) is 0 Å². The Labute approximate surface area is 129 Å². The van der Waals surface area contributed by atoms with Crippen LogP contribution in [0.3, 0.4) is 0 Å². The molecule has 96 valence electrons. The summed E-state index contributed by atoms with van der Waals surface area (Å²) in [5.74, 6) is 0. The summed E-state index contributed by atoms with van der Waals surface area (Å²) < 4.78 is 1.09. The summed E-state index contributed by atoms with van der Waals surface area (Å²) in [5.41, 5.74) is 7.50. The fourth-order valence-electron chi connectivity index (χ4n) is 2.21. The third kappa shape index (κ3) is 2.43. The van der Waals surface area contributed by atoms with Crippen LogP contribution < -0.4 is 5.73 Å². The molecule has 1 aromatic heterocycles. The molecule has 0 fully saturated rings. The lowest BCUT2D eigenvalue weighted by Gasteiger charge is -2.14. The zero-order chi connectivity index (χ0) is 13.4. The number of rotatable bonds is 2. The minimum atomic E-state index is -0.126. The quantitative estimate of drug-likeness (QED) is 0.659. The van der Waals surface area contributed by atoms with E-state index in [0.29, 0.717) is 0 Å². The van der Waals surface area contributed by atoms with Crippen molar-refractivity contribution in [2.75, 3.05) is 0 Å². The maximum atomic E-state index is 6.39. The molecule has 0 aliphatic heterocycles. The summed E-state index contributed by atoms with van der Waals surface area (Å²) in [6, 6.07) is 16.0. The van der Waals surface area contributed by atoms with Gasteiger partial charge in [0.1, 0.15) is 0 Å². The average Bonchev–Trinajstić information content (AvgIpc) is 2.86. The fourth-order valence-corrected chi connectivity index (χ4v) is 3.88. The van der Waals surface area contributed by atoms with Crippen LogP contribution in [-0.2, 0) is 0 Å². The minimum absolute atomic E-state index is 0.126. The van der Waals surface area contributed by atoms with Gasteiger partial charge in [0.25, 0.3) is 0 Å². The van der Waals surface area contributed by atoms with E-state index in [-0.39, 0.29) is 6.04 Å². The molecule has 19 heavy (non-hydrogen) atoms. The van der Waals surface area contributed by atoms with E-state index in [4.69, 9.17) is 17.3 Å². The molecule has 0 aliphatic carbocycles. The maximum absolute atomic E-state index is 6.39. The average molecular weight is 353 g/mol. The first-order valence-electron chi connectivity index (χ1n) is 5.85. The number of hydrogen-bond acceptors (Lipinski definition) is 2. The molecular weight excluding hydrogens is 342 g/mol. The minimum Gasteiger partial charge on any atom is -0.320 e. The first-order valence-corrected chi connectivity index (χ1v) is 7.83. The molecule has 1 heterocycles. The molecule has 4 heteroatoms. The molecule has 0 radical (unpaired) electrons. The van der Waals surface area contributed by atoms with Gasteiger partial charge >= 0.3 is 0 Å². The highest BCUT2D eigenvalue weighted by Crippen LogP contribution is 2.35. The molecule has 0 spiro atoms. The normalized spacial score (nSPS) is 12.8. The van der Waals surface area contributed by atoms with Gasteiger partial charge in [-0.1, -0.05) is 41.9 Å². The molecule has 0 aliphatic rings. The predicted octanol–water partition coefficient (Wildman–Crippen LogP) is 5.37. The molecule has 3 rings (SSSR count). The van der Waals surface area contributed by atoms with Gasteiger partial charge in [0.05, 0.1) is 9.83 Å². The van der Waals surface area contributed by atoms with Crippen molar-refractivity contribution in [1.29, 1.82) is 0 Å². The monoisotopic (exact) mass is 351 g/mol. The highest BCUT2D eigenvalue weighted by molar-refractivity contribution is 9.11. The Morgan fingerprint density at radius 3 is 2.42 bits per heavy atom. The molecule has 0 saturated heterocycles. The summed E-state index contributed by atoms with van der Waals surface area (Å²) in [7, 11) is 0. The van der Waals surface area contributed by atoms with Crippen LogP contribution >= 0.6 is 38.9 Å². The first kappa shape index (κ1) is 13.1. The summed E-state index contributed by atoms with van der Waals surface area (Å²) in [6.45, 7) is 0. The third-order valence-electron chi connectivity index (χ3n) is 3.14. The Hall–Kier alpha value is -0.870. The Kier molecular flexibility index (Phi) is 3.63. The molecule has 0 bridgehead atoms. The first-order chi connectivity index (χ1) is 9.16. The number of nitrogens with two attached hydrogens (primary N) is 1. The van der Waals surface area contributed by atoms with E-state index in [0.717, 1.165) is 30.0 Å². The van der Waals surface area contributed by atoms with E-state index in [2.05, 4.69) is 28.1 Å². The Morgan fingerprint density at radius 1 is 1.00 bits per heavy atom. The van der Waals surface area contributed by atoms with Crippen LogP contribution in [0.15, 0.2) is 52.3 Å². The van der Waals surface area contributed by atoms with Crippen LogP contribution in [0.25, 0.3) is 10.8 Å². The topological polar surface area (TPSA) is 26.0 Å². The van der Waals surface area contributed by atoms with Crippen molar-refractivity contribution >= 4 is 49.6 Å². The Balaban J connectivity index is 2.18. The van der Waals surface area contributed by atoms with Crippen LogP contribution in [0.1, 0.15) is 16.5 Å². The van der Waals surface area contributed by atoms with Gasteiger partial charge < -0.3 is 5.73 Å². The van der Waals surface area contributed by atoms with Gasteiger partial charge in [-0.25, -0.2) is 0 Å². The molecule has 1 unspecified atom stereocenters. The fraction of sp³-hybridized carbons (Fsp3) is 0.0667. The van der Waals surface area contributed by atoms with Gasteiger partial charge in [-0.2, -0.15) is 0 Å². The van der Waals surface area contributed by atoms with Crippen LogP contribution in [0.4, 0.5) is 0 Å². The lowest BCUT2D eigenvalue weighted by atomic mass is 9.98. The zero-order valence-corrected chi connectivity index (χ0v) is 13.1. The van der Waals surface area contributed by atoms with E-state index in [1.807, 2.05) is 36.4 Å². The molecule has 1 nitrogen and oxygen atoms in total. The van der Waals surface area contributed by atoms with Gasteiger partial charge in [-0.05, 0) is 45.1 Å². The highest BCUT2D eigenvalue weighted by atomic mass is 79.9. The summed E-state index contributed by atoms with van der Waals surface area (Å²) >= 11 is 11.4. The second-order valence-corrected chi connectivity index (χ2v) is 7.20. The van der Waals surface area contributed by atoms with Crippen molar-refractivity contribution < 1.29 is 0 Å². The van der Waals surface area contributed by atoms with Crippen molar-refractivity contribution in [3.8, 4) is 0 Å². The largest absolute Gasteiger partial charge is 0.320 e. The van der Waals surface area contributed by atoms with Crippen LogP contribution in [0.5, 0.6) is 0 Å².